The molecule has 1 aromatic carbocycles. The minimum absolute atomic E-state index is 0.0398. The number of nitrogens with one attached hydrogen (secondary N) is 1. The monoisotopic (exact) mass is 345 g/mol. The van der Waals surface area contributed by atoms with E-state index in [9.17, 15) is 14.4 Å². The van der Waals surface area contributed by atoms with Crippen LogP contribution in [-0.4, -0.2) is 58.8 Å². The van der Waals surface area contributed by atoms with Crippen LogP contribution in [0.3, 0.4) is 0 Å². The lowest BCUT2D eigenvalue weighted by atomic mass is 10.1. The lowest BCUT2D eigenvalue weighted by molar-refractivity contribution is -0.130. The topological polar surface area (TPSA) is 113 Å². The lowest BCUT2D eigenvalue weighted by Gasteiger charge is -2.36. The fourth-order valence-electron chi connectivity index (χ4n) is 2.96. The molecule has 0 spiro atoms. The molecule has 0 saturated carbocycles. The maximum atomic E-state index is 12.3. The highest BCUT2D eigenvalue weighted by Crippen LogP contribution is 2.14. The number of carbonyl (C=O) groups excluding carboxylic acids is 2. The fourth-order valence-corrected chi connectivity index (χ4v) is 2.96. The Morgan fingerprint density at radius 3 is 2.72 bits per heavy atom. The number of nitrogens with two attached hydrogens (primary N) is 1. The first kappa shape index (κ1) is 17.2. The van der Waals surface area contributed by atoms with Crippen molar-refractivity contribution in [3.05, 3.63) is 40.7 Å². The zero-order valence-corrected chi connectivity index (χ0v) is 14.0. The Bertz CT molecular complexity index is 833. The summed E-state index contributed by atoms with van der Waals surface area (Å²) in [6.07, 6.45) is 2.08. The predicted octanol–water partition coefficient (Wildman–Crippen LogP) is -0.114. The minimum Gasteiger partial charge on any atom is -0.408 e. The Morgan fingerprint density at radius 2 is 2.04 bits per heavy atom. The highest BCUT2D eigenvalue weighted by molar-refractivity contribution is 5.85. The number of rotatable bonds is 5. The van der Waals surface area contributed by atoms with E-state index in [4.69, 9.17) is 10.2 Å². The summed E-state index contributed by atoms with van der Waals surface area (Å²) in [5.41, 5.74) is 7.33. The zero-order chi connectivity index (χ0) is 18.0. The van der Waals surface area contributed by atoms with Crippen molar-refractivity contribution in [2.24, 2.45) is 5.73 Å². The Kier molecular flexibility index (Phi) is 4.89. The van der Waals surface area contributed by atoms with E-state index >= 15 is 0 Å². The number of H-pyrrole nitrogens is 1. The molecule has 1 aliphatic heterocycles. The molecule has 1 fully saturated rings. The number of piperazine rings is 1. The van der Waals surface area contributed by atoms with Gasteiger partial charge >= 0.3 is 5.76 Å². The maximum Gasteiger partial charge on any atom is 0.417 e. The van der Waals surface area contributed by atoms with Crippen LogP contribution in [0.25, 0.3) is 11.1 Å². The standard InChI is InChI=1S/C17H21N4O4/c1-11(16(18)23)20-6-8-21(9-7-20)15(22)5-3-12-2-4-13-14(10-12)25-17(24)19-13/h2,4-5,10-11H,3,6-9H2,1H3,(H2,18,23)(H,19,24). The SMILES string of the molecule is CC(C(N)=O)N1CCN(C(=O)[CH]Cc2ccc3[nH]c(=O)oc3c2)CC1. The first-order valence-corrected chi connectivity index (χ1v) is 8.21. The second-order valence-corrected chi connectivity index (χ2v) is 6.19. The second-order valence-electron chi connectivity index (χ2n) is 6.19. The van der Waals surface area contributed by atoms with Gasteiger partial charge in [-0.2, -0.15) is 0 Å². The molecule has 2 amide bonds. The van der Waals surface area contributed by atoms with Crippen molar-refractivity contribution < 1.29 is 14.0 Å². The van der Waals surface area contributed by atoms with Gasteiger partial charge in [0.2, 0.25) is 11.8 Å². The van der Waals surface area contributed by atoms with Crippen molar-refractivity contribution in [2.45, 2.75) is 19.4 Å². The quantitative estimate of drug-likeness (QED) is 0.785. The van der Waals surface area contributed by atoms with Crippen LogP contribution >= 0.6 is 0 Å². The van der Waals surface area contributed by atoms with Crippen LogP contribution in [0.2, 0.25) is 0 Å². The highest BCUT2D eigenvalue weighted by atomic mass is 16.4. The Balaban J connectivity index is 1.52. The first-order chi connectivity index (χ1) is 11.9. The molecule has 1 radical (unpaired) electrons. The third-order valence-electron chi connectivity index (χ3n) is 4.58. The summed E-state index contributed by atoms with van der Waals surface area (Å²) in [4.78, 5) is 41.0. The van der Waals surface area contributed by atoms with Crippen LogP contribution in [0.15, 0.2) is 27.4 Å². The number of hydrogen-bond acceptors (Lipinski definition) is 5. The van der Waals surface area contributed by atoms with Gasteiger partial charge in [0, 0.05) is 26.2 Å². The van der Waals surface area contributed by atoms with Gasteiger partial charge in [-0.15, -0.1) is 0 Å². The molecule has 8 nitrogen and oxygen atoms in total. The molecule has 1 unspecified atom stereocenters. The number of amides is 2. The average molecular weight is 345 g/mol. The molecule has 1 aliphatic rings. The van der Waals surface area contributed by atoms with Gasteiger partial charge in [-0.1, -0.05) is 6.07 Å². The van der Waals surface area contributed by atoms with Crippen LogP contribution in [0, 0.1) is 6.42 Å². The molecule has 0 aliphatic carbocycles. The number of aromatic amines is 1. The van der Waals surface area contributed by atoms with E-state index in [0.29, 0.717) is 43.7 Å². The van der Waals surface area contributed by atoms with Gasteiger partial charge in [0.15, 0.2) is 5.58 Å². The molecule has 1 saturated heterocycles. The van der Waals surface area contributed by atoms with E-state index in [1.807, 2.05) is 11.0 Å². The molecule has 1 aromatic heterocycles. The van der Waals surface area contributed by atoms with E-state index < -0.39 is 5.76 Å². The van der Waals surface area contributed by atoms with Crippen molar-refractivity contribution in [2.75, 3.05) is 26.2 Å². The number of hydrogen-bond donors (Lipinski definition) is 2. The van der Waals surface area contributed by atoms with Crippen molar-refractivity contribution in [1.82, 2.24) is 14.8 Å². The van der Waals surface area contributed by atoms with Gasteiger partial charge in [-0.05, 0) is 31.0 Å². The summed E-state index contributed by atoms with van der Waals surface area (Å²) in [6, 6.07) is 5.05. The normalized spacial score (nSPS) is 16.9. The number of fused-ring (bicyclic) bond motifs is 1. The largest absolute Gasteiger partial charge is 0.417 e. The first-order valence-electron chi connectivity index (χ1n) is 8.21. The molecule has 0 bridgehead atoms. The van der Waals surface area contributed by atoms with Crippen LogP contribution in [-0.2, 0) is 16.0 Å². The summed E-state index contributed by atoms with van der Waals surface area (Å²) >= 11 is 0. The molecule has 2 heterocycles. The Hall–Kier alpha value is -2.61. The number of oxazole rings is 1. The van der Waals surface area contributed by atoms with Crippen LogP contribution in [0.5, 0.6) is 0 Å². The van der Waals surface area contributed by atoms with Gasteiger partial charge < -0.3 is 15.1 Å². The number of primary amides is 1. The zero-order valence-electron chi connectivity index (χ0n) is 14.0. The van der Waals surface area contributed by atoms with Gasteiger partial charge in [0.25, 0.3) is 0 Å². The fraction of sp³-hybridized carbons (Fsp3) is 0.412. The number of nitrogens with zero attached hydrogens (tertiary/aromatic N) is 2. The van der Waals surface area contributed by atoms with E-state index in [1.165, 1.54) is 0 Å². The number of aromatic nitrogens is 1. The van der Waals surface area contributed by atoms with E-state index in [0.717, 1.165) is 5.56 Å². The molecule has 3 rings (SSSR count). The van der Waals surface area contributed by atoms with E-state index in [-0.39, 0.29) is 17.9 Å². The second kappa shape index (κ2) is 7.10. The molecule has 2 aromatic rings. The molecule has 25 heavy (non-hydrogen) atoms. The third kappa shape index (κ3) is 3.90. The van der Waals surface area contributed by atoms with Crippen molar-refractivity contribution in [3.63, 3.8) is 0 Å². The molecule has 133 valence electrons. The maximum absolute atomic E-state index is 12.3. The highest BCUT2D eigenvalue weighted by Gasteiger charge is 2.26. The van der Waals surface area contributed by atoms with Crippen molar-refractivity contribution in [3.8, 4) is 0 Å². The molecular formula is C17H21N4O4. The van der Waals surface area contributed by atoms with Crippen molar-refractivity contribution in [1.29, 1.82) is 0 Å². The Morgan fingerprint density at radius 1 is 1.32 bits per heavy atom. The van der Waals surface area contributed by atoms with E-state index in [2.05, 4.69) is 4.98 Å². The summed E-state index contributed by atoms with van der Waals surface area (Å²) in [5.74, 6) is -0.879. The van der Waals surface area contributed by atoms with Crippen LogP contribution < -0.4 is 11.5 Å². The van der Waals surface area contributed by atoms with Gasteiger partial charge in [0.1, 0.15) is 0 Å². The minimum atomic E-state index is -0.490. The molecule has 3 N–H and O–H groups in total. The van der Waals surface area contributed by atoms with Crippen LogP contribution in [0.4, 0.5) is 0 Å². The average Bonchev–Trinajstić information content (AvgIpc) is 2.98. The molecule has 8 heteroatoms. The summed E-state index contributed by atoms with van der Waals surface area (Å²) in [6.45, 7) is 4.17. The smallest absolute Gasteiger partial charge is 0.408 e. The van der Waals surface area contributed by atoms with E-state index in [1.54, 1.807) is 30.4 Å². The predicted molar refractivity (Wildman–Crippen MR) is 91.6 cm³/mol. The Labute approximate surface area is 144 Å². The van der Waals surface area contributed by atoms with Gasteiger partial charge in [-0.3, -0.25) is 19.5 Å². The van der Waals surface area contributed by atoms with Gasteiger partial charge in [0.05, 0.1) is 18.0 Å². The van der Waals surface area contributed by atoms with Crippen molar-refractivity contribution >= 4 is 22.9 Å². The number of benzene rings is 1. The molecular weight excluding hydrogens is 324 g/mol. The summed E-state index contributed by atoms with van der Waals surface area (Å²) in [7, 11) is 0. The van der Waals surface area contributed by atoms with Crippen LogP contribution in [0.1, 0.15) is 12.5 Å². The summed E-state index contributed by atoms with van der Waals surface area (Å²) in [5, 5.41) is 0. The lowest BCUT2D eigenvalue weighted by Crippen LogP contribution is -2.54. The molecule has 1 atom stereocenters. The van der Waals surface area contributed by atoms with Gasteiger partial charge in [-0.25, -0.2) is 4.79 Å². The third-order valence-corrected chi connectivity index (χ3v) is 4.58. The number of carbonyl (C=O) groups is 2. The summed E-state index contributed by atoms with van der Waals surface area (Å²) < 4.78 is 5.02.